The summed E-state index contributed by atoms with van der Waals surface area (Å²) in [4.78, 5) is 9.89. The van der Waals surface area contributed by atoms with Gasteiger partial charge < -0.3 is 5.11 Å². The summed E-state index contributed by atoms with van der Waals surface area (Å²) < 4.78 is 94.6. The van der Waals surface area contributed by atoms with Gasteiger partial charge in [0.25, 0.3) is 35.1 Å². The summed E-state index contributed by atoms with van der Waals surface area (Å²) in [6.07, 6.45) is 0.397. The van der Waals surface area contributed by atoms with Gasteiger partial charge in [0.2, 0.25) is 0 Å². The fourth-order valence-electron chi connectivity index (χ4n) is 2.70. The van der Waals surface area contributed by atoms with Crippen molar-refractivity contribution in [3.63, 3.8) is 0 Å². The van der Waals surface area contributed by atoms with Gasteiger partial charge in [0, 0.05) is 0 Å². The second-order valence-corrected chi connectivity index (χ2v) is 9.51. The number of carbonyl (C=O) groups is 1. The molecule has 1 aromatic carbocycles. The van der Waals surface area contributed by atoms with E-state index in [9.17, 15) is 48.8 Å². The molecule has 4 N–H and O–H groups in total. The molecule has 0 fully saturated rings. The summed E-state index contributed by atoms with van der Waals surface area (Å²) in [6, 6.07) is 4.46. The van der Waals surface area contributed by atoms with Crippen LogP contribution in [0.2, 0.25) is 0 Å². The molecular weight excluding hydrogens is 404 g/mol. The summed E-state index contributed by atoms with van der Waals surface area (Å²) in [7, 11) is -17.3. The van der Waals surface area contributed by atoms with Crippen LogP contribution in [0.25, 0.3) is 6.08 Å². The van der Waals surface area contributed by atoms with E-state index in [1.165, 1.54) is 12.1 Å². The fraction of sp³-hybridized carbons (Fsp3) is 0.182. The molecule has 138 valence electrons. The van der Waals surface area contributed by atoms with Gasteiger partial charge in [-0.1, -0.05) is 24.3 Å². The van der Waals surface area contributed by atoms with E-state index >= 15 is 0 Å². The van der Waals surface area contributed by atoms with Crippen molar-refractivity contribution in [2.45, 2.75) is 10.00 Å². The fourth-order valence-corrected chi connectivity index (χ4v) is 7.12. The van der Waals surface area contributed by atoms with Crippen LogP contribution in [-0.4, -0.2) is 54.7 Å². The minimum Gasteiger partial charge on any atom is -0.480 e. The van der Waals surface area contributed by atoms with E-state index in [-0.39, 0.29) is 5.56 Å². The average Bonchev–Trinajstić information content (AvgIpc) is 2.41. The Morgan fingerprint density at radius 1 is 0.960 bits per heavy atom. The summed E-state index contributed by atoms with van der Waals surface area (Å²) >= 11 is 0. The molecule has 0 saturated heterocycles. The molecule has 1 aromatic rings. The summed E-state index contributed by atoms with van der Waals surface area (Å²) in [5.74, 6) is -2.63. The number of carboxylic acid groups (broad SMARTS) is 1. The number of fused-ring (bicyclic) bond motifs is 1. The molecule has 2 atom stereocenters. The third kappa shape index (κ3) is 2.86. The zero-order valence-corrected chi connectivity index (χ0v) is 14.3. The third-order valence-corrected chi connectivity index (χ3v) is 7.52. The molecule has 14 heteroatoms. The number of hydrogen-bond donors (Lipinski definition) is 4. The molecule has 0 saturated carbocycles. The van der Waals surface area contributed by atoms with E-state index < -0.39 is 56.8 Å². The molecule has 0 heterocycles. The van der Waals surface area contributed by atoms with Crippen LogP contribution in [0.5, 0.6) is 0 Å². The smallest absolute Gasteiger partial charge is 0.334 e. The molecule has 0 aliphatic heterocycles. The van der Waals surface area contributed by atoms with E-state index in [0.717, 1.165) is 12.1 Å². The molecule has 0 radical (unpaired) electrons. The minimum atomic E-state index is -6.04. The van der Waals surface area contributed by atoms with E-state index in [0.29, 0.717) is 6.08 Å². The Morgan fingerprint density at radius 2 is 1.48 bits per heavy atom. The number of carboxylic acids is 1. The molecule has 11 nitrogen and oxygen atoms in total. The Hall–Kier alpha value is -1.84. The lowest BCUT2D eigenvalue weighted by Gasteiger charge is -2.36. The highest BCUT2D eigenvalue weighted by Crippen LogP contribution is 2.50. The Bertz CT molecular complexity index is 1100. The number of aliphatic carboxylic acids is 1. The van der Waals surface area contributed by atoms with Crippen molar-refractivity contribution in [1.29, 1.82) is 0 Å². The largest absolute Gasteiger partial charge is 0.480 e. The summed E-state index contributed by atoms with van der Waals surface area (Å²) in [5.41, 5.74) is -0.893. The van der Waals surface area contributed by atoms with E-state index in [4.69, 9.17) is 0 Å². The minimum absolute atomic E-state index is 0.293. The normalized spacial score (nSPS) is 24.3. The van der Waals surface area contributed by atoms with E-state index in [1.54, 1.807) is 0 Å². The lowest BCUT2D eigenvalue weighted by atomic mass is 9.88. The highest BCUT2D eigenvalue weighted by molar-refractivity contribution is 7.95. The van der Waals surface area contributed by atoms with Gasteiger partial charge in [-0.05, 0) is 17.2 Å². The Balaban J connectivity index is 3.23. The second-order valence-electron chi connectivity index (χ2n) is 5.02. The Labute approximate surface area is 141 Å². The molecular formula is C11H10O11S3. The first kappa shape index (κ1) is 19.5. The molecule has 1 aliphatic carbocycles. The van der Waals surface area contributed by atoms with Crippen LogP contribution >= 0.6 is 0 Å². The van der Waals surface area contributed by atoms with Crippen LogP contribution in [0.4, 0.5) is 0 Å². The van der Waals surface area contributed by atoms with Gasteiger partial charge in [-0.3, -0.25) is 13.7 Å². The van der Waals surface area contributed by atoms with Crippen LogP contribution in [0, 0.1) is 0 Å². The van der Waals surface area contributed by atoms with Gasteiger partial charge in [-0.25, -0.2) is 4.79 Å². The summed E-state index contributed by atoms with van der Waals surface area (Å²) in [6.45, 7) is 0. The Morgan fingerprint density at radius 3 is 1.88 bits per heavy atom. The van der Waals surface area contributed by atoms with Crippen LogP contribution in [0.1, 0.15) is 16.4 Å². The van der Waals surface area contributed by atoms with Gasteiger partial charge >= 0.3 is 5.97 Å². The predicted octanol–water partition coefficient (Wildman–Crippen LogP) is -0.431. The molecule has 0 amide bonds. The van der Waals surface area contributed by atoms with Gasteiger partial charge in [0.05, 0.1) is 0 Å². The van der Waals surface area contributed by atoms with Crippen molar-refractivity contribution in [1.82, 2.24) is 0 Å². The standard InChI is InChI=1S/C11H10O11S3/c12-10(13)11(25(20,21)22)8(23(14,15)16)5-6-3-1-2-4-7(6)9(11)24(17,18)19/h1-5,9H,(H,12,13)(H,14,15,16)(H,17,18,19)(H,20,21,22). The van der Waals surface area contributed by atoms with Crippen molar-refractivity contribution in [3.8, 4) is 0 Å². The molecule has 0 spiro atoms. The van der Waals surface area contributed by atoms with Gasteiger partial charge in [-0.2, -0.15) is 25.3 Å². The monoisotopic (exact) mass is 414 g/mol. The SMILES string of the molecule is O=C(O)C1(S(=O)(=O)O)C(S(=O)(=O)O)=Cc2ccccc2C1S(=O)(=O)O. The number of benzene rings is 1. The van der Waals surface area contributed by atoms with Crippen LogP contribution in [0.3, 0.4) is 0 Å². The summed E-state index contributed by atoms with van der Waals surface area (Å²) in [5, 5.41) is 6.43. The predicted molar refractivity (Wildman–Crippen MR) is 82.2 cm³/mol. The topological polar surface area (TPSA) is 200 Å². The van der Waals surface area contributed by atoms with Gasteiger partial charge in [-0.15, -0.1) is 0 Å². The van der Waals surface area contributed by atoms with E-state index in [1.807, 2.05) is 0 Å². The van der Waals surface area contributed by atoms with Crippen molar-refractivity contribution < 1.29 is 48.8 Å². The van der Waals surface area contributed by atoms with Crippen molar-refractivity contribution >= 4 is 42.4 Å². The average molecular weight is 414 g/mol. The van der Waals surface area contributed by atoms with Crippen molar-refractivity contribution in [2.24, 2.45) is 0 Å². The van der Waals surface area contributed by atoms with Gasteiger partial charge in [0.1, 0.15) is 10.2 Å². The van der Waals surface area contributed by atoms with Crippen molar-refractivity contribution in [2.75, 3.05) is 0 Å². The Kier molecular flexibility index (Phi) is 4.35. The maximum Gasteiger partial charge on any atom is 0.334 e. The van der Waals surface area contributed by atoms with Gasteiger partial charge in [0.15, 0.2) is 0 Å². The highest BCUT2D eigenvalue weighted by Gasteiger charge is 2.69. The molecule has 25 heavy (non-hydrogen) atoms. The van der Waals surface area contributed by atoms with Crippen LogP contribution in [-0.2, 0) is 35.1 Å². The second kappa shape index (κ2) is 5.58. The lowest BCUT2D eigenvalue weighted by Crippen LogP contribution is -2.57. The first-order valence-electron chi connectivity index (χ1n) is 6.10. The maximum absolute atomic E-state index is 11.9. The number of hydrogen-bond acceptors (Lipinski definition) is 7. The maximum atomic E-state index is 11.9. The molecule has 2 rings (SSSR count). The van der Waals surface area contributed by atoms with Crippen LogP contribution in [0.15, 0.2) is 29.2 Å². The first-order valence-corrected chi connectivity index (χ1v) is 10.5. The molecule has 0 bridgehead atoms. The lowest BCUT2D eigenvalue weighted by molar-refractivity contribution is -0.139. The number of rotatable bonds is 4. The molecule has 1 aliphatic rings. The van der Waals surface area contributed by atoms with Crippen LogP contribution < -0.4 is 0 Å². The highest BCUT2D eigenvalue weighted by atomic mass is 32.2. The first-order chi connectivity index (χ1) is 11.1. The molecule has 2 unspecified atom stereocenters. The van der Waals surface area contributed by atoms with E-state index in [2.05, 4.69) is 0 Å². The zero-order chi connectivity index (χ0) is 19.4. The van der Waals surface area contributed by atoms with Crippen molar-refractivity contribution in [3.05, 3.63) is 40.3 Å². The quantitative estimate of drug-likeness (QED) is 0.466. The zero-order valence-electron chi connectivity index (χ0n) is 11.8. The third-order valence-electron chi connectivity index (χ3n) is 3.60. The molecule has 0 aromatic heterocycles.